The fraction of sp³-hybridized carbons (Fsp3) is 0.714. The third-order valence-corrected chi connectivity index (χ3v) is 3.36. The first kappa shape index (κ1) is 15.7. The van der Waals surface area contributed by atoms with Gasteiger partial charge in [-0.25, -0.2) is 0 Å². The largest absolute Gasteiger partial charge is 0.396 e. The molecular weight excluding hydrogens is 242 g/mol. The van der Waals surface area contributed by atoms with Crippen LogP contribution in [0.3, 0.4) is 0 Å². The summed E-state index contributed by atoms with van der Waals surface area (Å²) in [5.41, 5.74) is 1.89. The summed E-state index contributed by atoms with van der Waals surface area (Å²) in [6.45, 7) is 9.85. The van der Waals surface area contributed by atoms with Gasteiger partial charge in [-0.2, -0.15) is 5.10 Å². The van der Waals surface area contributed by atoms with Gasteiger partial charge in [-0.05, 0) is 39.2 Å². The third-order valence-electron chi connectivity index (χ3n) is 3.36. The number of hydrogen-bond acceptors (Lipinski definition) is 3. The highest BCUT2D eigenvalue weighted by atomic mass is 16.3. The first-order valence-corrected chi connectivity index (χ1v) is 6.80. The highest BCUT2D eigenvalue weighted by molar-refractivity contribution is 5.80. The van der Waals surface area contributed by atoms with Gasteiger partial charge in [0.25, 0.3) is 0 Å². The van der Waals surface area contributed by atoms with Gasteiger partial charge in [0.05, 0.1) is 5.69 Å². The molecule has 0 radical (unpaired) electrons. The van der Waals surface area contributed by atoms with Gasteiger partial charge in [0.1, 0.15) is 6.04 Å². The molecule has 2 unspecified atom stereocenters. The van der Waals surface area contributed by atoms with Crippen molar-refractivity contribution >= 4 is 5.91 Å². The SMILES string of the molecule is Cc1cc(C)n(C(C)C(=O)NC(CCO)C(C)C)n1. The summed E-state index contributed by atoms with van der Waals surface area (Å²) in [6, 6.07) is 1.61. The van der Waals surface area contributed by atoms with Crippen LogP contribution in [0.5, 0.6) is 0 Å². The van der Waals surface area contributed by atoms with Crippen molar-refractivity contribution < 1.29 is 9.90 Å². The first-order valence-electron chi connectivity index (χ1n) is 6.80. The minimum absolute atomic E-state index is 0.00286. The molecule has 19 heavy (non-hydrogen) atoms. The molecule has 5 heteroatoms. The monoisotopic (exact) mass is 267 g/mol. The molecule has 0 saturated heterocycles. The van der Waals surface area contributed by atoms with E-state index in [4.69, 9.17) is 5.11 Å². The molecule has 0 spiro atoms. The summed E-state index contributed by atoms with van der Waals surface area (Å²) >= 11 is 0. The van der Waals surface area contributed by atoms with Gasteiger partial charge in [0, 0.05) is 18.3 Å². The van der Waals surface area contributed by atoms with Gasteiger partial charge in [-0.1, -0.05) is 13.8 Å². The van der Waals surface area contributed by atoms with Crippen molar-refractivity contribution in [1.82, 2.24) is 15.1 Å². The first-order chi connectivity index (χ1) is 8.86. The van der Waals surface area contributed by atoms with E-state index in [1.807, 2.05) is 40.7 Å². The average Bonchev–Trinajstić information content (AvgIpc) is 2.66. The molecule has 0 aromatic carbocycles. The number of hydrogen-bond donors (Lipinski definition) is 2. The lowest BCUT2D eigenvalue weighted by Gasteiger charge is -2.24. The highest BCUT2D eigenvalue weighted by Crippen LogP contribution is 2.13. The Hall–Kier alpha value is -1.36. The van der Waals surface area contributed by atoms with Crippen molar-refractivity contribution in [1.29, 1.82) is 0 Å². The number of aliphatic hydroxyl groups excluding tert-OH is 1. The van der Waals surface area contributed by atoms with E-state index in [1.54, 1.807) is 4.68 Å². The Kier molecular flexibility index (Phi) is 5.54. The molecule has 2 atom stereocenters. The van der Waals surface area contributed by atoms with Crippen LogP contribution in [-0.4, -0.2) is 33.4 Å². The lowest BCUT2D eigenvalue weighted by Crippen LogP contribution is -2.42. The van der Waals surface area contributed by atoms with Crippen LogP contribution in [0.25, 0.3) is 0 Å². The molecule has 5 nitrogen and oxygen atoms in total. The number of carbonyl (C=O) groups is 1. The zero-order chi connectivity index (χ0) is 14.6. The topological polar surface area (TPSA) is 67.2 Å². The van der Waals surface area contributed by atoms with Crippen LogP contribution in [0.15, 0.2) is 6.07 Å². The molecule has 1 heterocycles. The average molecular weight is 267 g/mol. The zero-order valence-electron chi connectivity index (χ0n) is 12.5. The zero-order valence-corrected chi connectivity index (χ0v) is 12.5. The number of carbonyl (C=O) groups excluding carboxylic acids is 1. The molecule has 0 aliphatic rings. The summed E-state index contributed by atoms with van der Waals surface area (Å²) in [7, 11) is 0. The van der Waals surface area contributed by atoms with Crippen LogP contribution in [-0.2, 0) is 4.79 Å². The van der Waals surface area contributed by atoms with E-state index in [0.717, 1.165) is 11.4 Å². The van der Waals surface area contributed by atoms with Crippen LogP contribution >= 0.6 is 0 Å². The molecule has 2 N–H and O–H groups in total. The van der Waals surface area contributed by atoms with Gasteiger partial charge < -0.3 is 10.4 Å². The molecule has 1 aromatic rings. The van der Waals surface area contributed by atoms with Crippen LogP contribution in [0, 0.1) is 19.8 Å². The molecule has 0 aliphatic carbocycles. The van der Waals surface area contributed by atoms with Crippen molar-refractivity contribution in [3.63, 3.8) is 0 Å². The quantitative estimate of drug-likeness (QED) is 0.822. The maximum atomic E-state index is 12.2. The van der Waals surface area contributed by atoms with Crippen LogP contribution in [0.2, 0.25) is 0 Å². The Morgan fingerprint density at radius 1 is 1.42 bits per heavy atom. The number of nitrogens with zero attached hydrogens (tertiary/aromatic N) is 2. The Morgan fingerprint density at radius 3 is 2.47 bits per heavy atom. The van der Waals surface area contributed by atoms with Crippen molar-refractivity contribution in [3.8, 4) is 0 Å². The molecule has 0 bridgehead atoms. The van der Waals surface area contributed by atoms with E-state index in [9.17, 15) is 4.79 Å². The predicted molar refractivity (Wildman–Crippen MR) is 74.9 cm³/mol. The Morgan fingerprint density at radius 2 is 2.05 bits per heavy atom. The lowest BCUT2D eigenvalue weighted by molar-refractivity contribution is -0.125. The van der Waals surface area contributed by atoms with Gasteiger partial charge in [-0.3, -0.25) is 9.48 Å². The van der Waals surface area contributed by atoms with Gasteiger partial charge >= 0.3 is 0 Å². The fourth-order valence-electron chi connectivity index (χ4n) is 2.16. The van der Waals surface area contributed by atoms with Crippen LogP contribution in [0.1, 0.15) is 44.6 Å². The molecule has 1 aromatic heterocycles. The minimum Gasteiger partial charge on any atom is -0.396 e. The summed E-state index contributed by atoms with van der Waals surface area (Å²) in [5, 5.41) is 16.4. The Labute approximate surface area is 115 Å². The molecule has 0 saturated carbocycles. The standard InChI is InChI=1S/C14H25N3O2/c1-9(2)13(6-7-18)15-14(19)12(5)17-11(4)8-10(3)16-17/h8-9,12-13,18H,6-7H2,1-5H3,(H,15,19). The van der Waals surface area contributed by atoms with Crippen molar-refractivity contribution in [3.05, 3.63) is 17.5 Å². The van der Waals surface area contributed by atoms with Crippen LogP contribution < -0.4 is 5.32 Å². The number of aryl methyl sites for hydroxylation is 2. The maximum Gasteiger partial charge on any atom is 0.244 e. The van der Waals surface area contributed by atoms with Crippen LogP contribution in [0.4, 0.5) is 0 Å². The van der Waals surface area contributed by atoms with E-state index in [0.29, 0.717) is 12.3 Å². The predicted octanol–water partition coefficient (Wildman–Crippen LogP) is 1.58. The highest BCUT2D eigenvalue weighted by Gasteiger charge is 2.22. The third kappa shape index (κ3) is 4.06. The normalized spacial score (nSPS) is 14.5. The van der Waals surface area contributed by atoms with E-state index in [1.165, 1.54) is 0 Å². The second-order valence-corrected chi connectivity index (χ2v) is 5.42. The van der Waals surface area contributed by atoms with Gasteiger partial charge in [0.15, 0.2) is 0 Å². The number of nitrogens with one attached hydrogen (secondary N) is 1. The summed E-state index contributed by atoms with van der Waals surface area (Å²) < 4.78 is 1.74. The van der Waals surface area contributed by atoms with E-state index < -0.39 is 0 Å². The second-order valence-electron chi connectivity index (χ2n) is 5.42. The molecule has 0 fully saturated rings. The maximum absolute atomic E-state index is 12.2. The fourth-order valence-corrected chi connectivity index (χ4v) is 2.16. The summed E-state index contributed by atoms with van der Waals surface area (Å²) in [4.78, 5) is 12.2. The minimum atomic E-state index is -0.339. The van der Waals surface area contributed by atoms with Crippen molar-refractivity contribution in [2.24, 2.45) is 5.92 Å². The smallest absolute Gasteiger partial charge is 0.244 e. The molecular formula is C14H25N3O2. The van der Waals surface area contributed by atoms with Gasteiger partial charge in [0.2, 0.25) is 5.91 Å². The van der Waals surface area contributed by atoms with Crippen molar-refractivity contribution in [2.45, 2.75) is 53.1 Å². The molecule has 1 amide bonds. The van der Waals surface area contributed by atoms with E-state index in [-0.39, 0.29) is 24.6 Å². The number of rotatable bonds is 6. The second kappa shape index (κ2) is 6.70. The number of aromatic nitrogens is 2. The van der Waals surface area contributed by atoms with Crippen molar-refractivity contribution in [2.75, 3.05) is 6.61 Å². The van der Waals surface area contributed by atoms with E-state index in [2.05, 4.69) is 10.4 Å². The summed E-state index contributed by atoms with van der Waals surface area (Å²) in [6.07, 6.45) is 0.577. The Bertz CT molecular complexity index is 426. The molecule has 108 valence electrons. The Balaban J connectivity index is 2.74. The molecule has 0 aliphatic heterocycles. The number of amides is 1. The summed E-state index contributed by atoms with van der Waals surface area (Å²) in [5.74, 6) is 0.238. The lowest BCUT2D eigenvalue weighted by atomic mass is 10.0. The number of aliphatic hydroxyl groups is 1. The molecule has 1 rings (SSSR count). The van der Waals surface area contributed by atoms with E-state index >= 15 is 0 Å². The van der Waals surface area contributed by atoms with Gasteiger partial charge in [-0.15, -0.1) is 0 Å².